The number of methoxy groups -OCH3 is 1. The maximum absolute atomic E-state index is 12.6. The first kappa shape index (κ1) is 25.1. The molecular weight excluding hydrogens is 390 g/mol. The molecule has 8 nitrogen and oxygen atoms in total. The summed E-state index contributed by atoms with van der Waals surface area (Å²) in [5.41, 5.74) is 0.112. The number of rotatable bonds is 10. The maximum atomic E-state index is 12.6. The Morgan fingerprint density at radius 2 is 1.70 bits per heavy atom. The quantitative estimate of drug-likeness (QED) is 0.457. The molecule has 30 heavy (non-hydrogen) atoms. The molecule has 1 aromatic rings. The molecule has 0 aliphatic carbocycles. The van der Waals surface area contributed by atoms with Crippen molar-refractivity contribution in [3.05, 3.63) is 35.9 Å². The number of Topliss-reactive ketones (excluding diaryl/α,β-unsaturated/α-hetero) is 1. The minimum Gasteiger partial charge on any atom is -0.469 e. The predicted molar refractivity (Wildman–Crippen MR) is 109 cm³/mol. The molecule has 0 aliphatic heterocycles. The van der Waals surface area contributed by atoms with Crippen LogP contribution in [0.3, 0.4) is 0 Å². The van der Waals surface area contributed by atoms with Crippen molar-refractivity contribution in [2.24, 2.45) is 5.92 Å². The summed E-state index contributed by atoms with van der Waals surface area (Å²) in [4.78, 5) is 48.5. The van der Waals surface area contributed by atoms with Gasteiger partial charge in [-0.25, -0.2) is 4.79 Å². The molecule has 8 heteroatoms. The van der Waals surface area contributed by atoms with Crippen molar-refractivity contribution in [2.75, 3.05) is 7.11 Å². The first-order valence-electron chi connectivity index (χ1n) is 9.81. The van der Waals surface area contributed by atoms with Crippen molar-refractivity contribution in [1.29, 1.82) is 0 Å². The van der Waals surface area contributed by atoms with Gasteiger partial charge in [0, 0.05) is 12.8 Å². The van der Waals surface area contributed by atoms with Gasteiger partial charge in [0.05, 0.1) is 19.1 Å². The minimum atomic E-state index is -0.859. The highest BCUT2D eigenvalue weighted by molar-refractivity contribution is 5.90. The molecule has 2 atom stereocenters. The fraction of sp³-hybridized carbons (Fsp3) is 0.545. The van der Waals surface area contributed by atoms with Gasteiger partial charge in [-0.2, -0.15) is 0 Å². The molecule has 0 aliphatic rings. The van der Waals surface area contributed by atoms with E-state index in [-0.39, 0.29) is 31.7 Å². The molecule has 0 heterocycles. The highest BCUT2D eigenvalue weighted by Gasteiger charge is 2.28. The van der Waals surface area contributed by atoms with Crippen molar-refractivity contribution >= 4 is 23.8 Å². The summed E-state index contributed by atoms with van der Waals surface area (Å²) in [6.45, 7) is 6.72. The van der Waals surface area contributed by atoms with Crippen molar-refractivity contribution in [3.8, 4) is 0 Å². The second kappa shape index (κ2) is 11.9. The lowest BCUT2D eigenvalue weighted by molar-refractivity contribution is -0.152. The number of hydrogen-bond acceptors (Lipinski definition) is 7. The number of ketones is 1. The Balaban J connectivity index is 2.71. The Kier molecular flexibility index (Phi) is 10.0. The summed E-state index contributed by atoms with van der Waals surface area (Å²) >= 11 is 0. The third kappa shape index (κ3) is 10.0. The molecule has 1 rings (SSSR count). The molecule has 0 unspecified atom stereocenters. The zero-order valence-electron chi connectivity index (χ0n) is 18.2. The molecule has 0 aromatic heterocycles. The number of alkyl carbamates (subject to hydrolysis) is 1. The molecular formula is C22H31NO7. The van der Waals surface area contributed by atoms with E-state index < -0.39 is 35.6 Å². The maximum Gasteiger partial charge on any atom is 0.408 e. The van der Waals surface area contributed by atoms with Gasteiger partial charge in [-0.3, -0.25) is 14.4 Å². The van der Waals surface area contributed by atoms with E-state index >= 15 is 0 Å². The lowest BCUT2D eigenvalue weighted by Crippen LogP contribution is -2.42. The van der Waals surface area contributed by atoms with Gasteiger partial charge in [-0.05, 0) is 39.7 Å². The van der Waals surface area contributed by atoms with Crippen molar-refractivity contribution in [1.82, 2.24) is 5.32 Å². The number of nitrogens with one attached hydrogen (secondary N) is 1. The van der Waals surface area contributed by atoms with Crippen molar-refractivity contribution in [3.63, 3.8) is 0 Å². The summed E-state index contributed by atoms with van der Waals surface area (Å²) in [6.07, 6.45) is -0.823. The zero-order chi connectivity index (χ0) is 22.7. The molecule has 0 radical (unpaired) electrons. The minimum absolute atomic E-state index is 0.0250. The average molecular weight is 421 g/mol. The Hall–Kier alpha value is -2.90. The summed E-state index contributed by atoms with van der Waals surface area (Å²) in [5.74, 6) is -2.26. The zero-order valence-corrected chi connectivity index (χ0v) is 18.2. The Labute approximate surface area is 177 Å². The summed E-state index contributed by atoms with van der Waals surface area (Å²) in [5, 5.41) is 2.46. The molecule has 1 N–H and O–H groups in total. The highest BCUT2D eigenvalue weighted by Crippen LogP contribution is 2.17. The van der Waals surface area contributed by atoms with E-state index in [4.69, 9.17) is 9.47 Å². The molecule has 1 amide bonds. The third-order valence-corrected chi connectivity index (χ3v) is 4.15. The number of esters is 2. The van der Waals surface area contributed by atoms with Gasteiger partial charge in [0.25, 0.3) is 0 Å². The molecule has 0 saturated carbocycles. The van der Waals surface area contributed by atoms with Crippen LogP contribution in [0.15, 0.2) is 30.3 Å². The van der Waals surface area contributed by atoms with Gasteiger partial charge >= 0.3 is 18.0 Å². The summed E-state index contributed by atoms with van der Waals surface area (Å²) in [7, 11) is 1.25. The lowest BCUT2D eigenvalue weighted by atomic mass is 9.94. The number of hydrogen-bond donors (Lipinski definition) is 1. The van der Waals surface area contributed by atoms with Crippen LogP contribution in [0, 0.1) is 5.92 Å². The second-order valence-electron chi connectivity index (χ2n) is 7.94. The van der Waals surface area contributed by atoms with Crippen LogP contribution in [0.5, 0.6) is 0 Å². The van der Waals surface area contributed by atoms with Crippen molar-refractivity contribution in [2.45, 2.75) is 65.2 Å². The van der Waals surface area contributed by atoms with Crippen LogP contribution in [0.4, 0.5) is 4.79 Å². The summed E-state index contributed by atoms with van der Waals surface area (Å²) in [6, 6.07) is 8.27. The normalized spacial score (nSPS) is 13.0. The number of carbonyl (C=O) groups excluding carboxylic acids is 4. The van der Waals surface area contributed by atoms with Crippen LogP contribution in [0.1, 0.15) is 52.5 Å². The van der Waals surface area contributed by atoms with E-state index in [0.29, 0.717) is 0 Å². The van der Waals surface area contributed by atoms with Crippen LogP contribution in [-0.4, -0.2) is 42.6 Å². The van der Waals surface area contributed by atoms with Gasteiger partial charge in [-0.1, -0.05) is 30.3 Å². The van der Waals surface area contributed by atoms with Gasteiger partial charge in [0.15, 0.2) is 5.78 Å². The predicted octanol–water partition coefficient (Wildman–Crippen LogP) is 3.17. The average Bonchev–Trinajstić information content (AvgIpc) is 2.67. The molecule has 0 bridgehead atoms. The van der Waals surface area contributed by atoms with Crippen LogP contribution in [0.2, 0.25) is 0 Å². The SMILES string of the molecule is COC(=O)CC[C@H](CC(=O)[C@H](C)NC(=O)OC(C)(C)C)C(=O)OCc1ccccc1. The van der Waals surface area contributed by atoms with Gasteiger partial charge < -0.3 is 19.5 Å². The smallest absolute Gasteiger partial charge is 0.408 e. The Morgan fingerprint density at radius 1 is 1.07 bits per heavy atom. The van der Waals surface area contributed by atoms with E-state index in [1.54, 1.807) is 20.8 Å². The molecule has 166 valence electrons. The molecule has 0 saturated heterocycles. The number of amides is 1. The van der Waals surface area contributed by atoms with Crippen LogP contribution >= 0.6 is 0 Å². The van der Waals surface area contributed by atoms with Gasteiger partial charge in [-0.15, -0.1) is 0 Å². The number of carbonyl (C=O) groups is 4. The standard InChI is InChI=1S/C22H31NO7/c1-15(23-21(27)30-22(2,3)4)18(24)13-17(11-12-19(25)28-5)20(26)29-14-16-9-7-6-8-10-16/h6-10,15,17H,11-14H2,1-5H3,(H,23,27)/t15-,17+/m0/s1. The van der Waals surface area contributed by atoms with Gasteiger partial charge in [0.1, 0.15) is 12.2 Å². The van der Waals surface area contributed by atoms with Crippen LogP contribution < -0.4 is 5.32 Å². The fourth-order valence-corrected chi connectivity index (χ4v) is 2.53. The van der Waals surface area contributed by atoms with Gasteiger partial charge in [0.2, 0.25) is 0 Å². The Morgan fingerprint density at radius 3 is 2.27 bits per heavy atom. The van der Waals surface area contributed by atoms with E-state index in [1.807, 2.05) is 30.3 Å². The fourth-order valence-electron chi connectivity index (χ4n) is 2.53. The van der Waals surface area contributed by atoms with E-state index in [1.165, 1.54) is 14.0 Å². The first-order valence-corrected chi connectivity index (χ1v) is 9.81. The highest BCUT2D eigenvalue weighted by atomic mass is 16.6. The number of ether oxygens (including phenoxy) is 3. The molecule has 1 aromatic carbocycles. The largest absolute Gasteiger partial charge is 0.469 e. The van der Waals surface area contributed by atoms with E-state index in [0.717, 1.165) is 5.56 Å². The molecule has 0 spiro atoms. The third-order valence-electron chi connectivity index (χ3n) is 4.15. The Bertz CT molecular complexity index is 725. The first-order chi connectivity index (χ1) is 14.0. The van der Waals surface area contributed by atoms with Crippen LogP contribution in [0.25, 0.3) is 0 Å². The summed E-state index contributed by atoms with van der Waals surface area (Å²) < 4.78 is 15.1. The molecule has 0 fully saturated rings. The monoisotopic (exact) mass is 421 g/mol. The topological polar surface area (TPSA) is 108 Å². The van der Waals surface area contributed by atoms with Crippen LogP contribution in [-0.2, 0) is 35.2 Å². The van der Waals surface area contributed by atoms with Crippen molar-refractivity contribution < 1.29 is 33.4 Å². The lowest BCUT2D eigenvalue weighted by Gasteiger charge is -2.22. The second-order valence-corrected chi connectivity index (χ2v) is 7.94. The van der Waals surface area contributed by atoms with E-state index in [9.17, 15) is 19.2 Å². The number of benzene rings is 1. The van der Waals surface area contributed by atoms with E-state index in [2.05, 4.69) is 10.1 Å².